The summed E-state index contributed by atoms with van der Waals surface area (Å²) in [6, 6.07) is 0. The summed E-state index contributed by atoms with van der Waals surface area (Å²) in [5, 5.41) is 0. The molecule has 0 aliphatic heterocycles. The second kappa shape index (κ2) is 4.86. The predicted molar refractivity (Wildman–Crippen MR) is 56.1 cm³/mol. The molecule has 0 saturated carbocycles. The normalized spacial score (nSPS) is 19.2. The van der Waals surface area contributed by atoms with Crippen LogP contribution in [-0.2, 0) is 0 Å². The van der Waals surface area contributed by atoms with E-state index in [0.717, 1.165) is 18.4 Å². The molecule has 0 aromatic rings. The van der Waals surface area contributed by atoms with Crippen molar-refractivity contribution in [1.29, 1.82) is 0 Å². The molecule has 0 aliphatic carbocycles. The van der Waals surface area contributed by atoms with Crippen molar-refractivity contribution in [3.8, 4) is 0 Å². The fraction of sp³-hybridized carbons (Fsp3) is 1.00. The molecule has 2 N–H and O–H groups in total. The third-order valence-corrected chi connectivity index (χ3v) is 3.30. The minimum Gasteiger partial charge on any atom is -0.330 e. The van der Waals surface area contributed by atoms with E-state index in [9.17, 15) is 0 Å². The SMILES string of the molecule is CCC(C)(CN)CC(C)C(C)C. The first-order chi connectivity index (χ1) is 5.45. The van der Waals surface area contributed by atoms with Crippen molar-refractivity contribution in [2.24, 2.45) is 23.0 Å². The monoisotopic (exact) mass is 171 g/mol. The highest BCUT2D eigenvalue weighted by Gasteiger charge is 2.23. The molecule has 2 unspecified atom stereocenters. The van der Waals surface area contributed by atoms with Gasteiger partial charge < -0.3 is 5.73 Å². The summed E-state index contributed by atoms with van der Waals surface area (Å²) in [5.41, 5.74) is 6.13. The van der Waals surface area contributed by atoms with Crippen molar-refractivity contribution in [1.82, 2.24) is 0 Å². The van der Waals surface area contributed by atoms with Crippen molar-refractivity contribution in [2.45, 2.75) is 47.5 Å². The number of hydrogen-bond donors (Lipinski definition) is 1. The zero-order valence-corrected chi connectivity index (χ0v) is 9.35. The third-order valence-electron chi connectivity index (χ3n) is 3.30. The fourth-order valence-electron chi connectivity index (χ4n) is 1.39. The van der Waals surface area contributed by atoms with Gasteiger partial charge in [-0.1, -0.05) is 34.6 Å². The van der Waals surface area contributed by atoms with E-state index in [1.54, 1.807) is 0 Å². The minimum atomic E-state index is 0.365. The highest BCUT2D eigenvalue weighted by molar-refractivity contribution is 4.76. The summed E-state index contributed by atoms with van der Waals surface area (Å²) in [6.07, 6.45) is 2.46. The maximum atomic E-state index is 5.77. The van der Waals surface area contributed by atoms with Gasteiger partial charge in [-0.15, -0.1) is 0 Å². The van der Waals surface area contributed by atoms with Crippen LogP contribution in [0.5, 0.6) is 0 Å². The number of hydrogen-bond acceptors (Lipinski definition) is 1. The summed E-state index contributed by atoms with van der Waals surface area (Å²) in [4.78, 5) is 0. The first-order valence-corrected chi connectivity index (χ1v) is 5.15. The lowest BCUT2D eigenvalue weighted by atomic mass is 9.76. The van der Waals surface area contributed by atoms with E-state index >= 15 is 0 Å². The Morgan fingerprint density at radius 1 is 1.25 bits per heavy atom. The van der Waals surface area contributed by atoms with Crippen LogP contribution in [0.15, 0.2) is 0 Å². The van der Waals surface area contributed by atoms with Crippen LogP contribution in [0, 0.1) is 17.3 Å². The predicted octanol–water partition coefficient (Wildman–Crippen LogP) is 3.04. The van der Waals surface area contributed by atoms with Crippen LogP contribution in [-0.4, -0.2) is 6.54 Å². The van der Waals surface area contributed by atoms with E-state index in [2.05, 4.69) is 34.6 Å². The van der Waals surface area contributed by atoms with E-state index in [1.807, 2.05) is 0 Å². The van der Waals surface area contributed by atoms with Gasteiger partial charge in [-0.2, -0.15) is 0 Å². The number of nitrogens with two attached hydrogens (primary N) is 1. The molecule has 0 saturated heterocycles. The van der Waals surface area contributed by atoms with Crippen LogP contribution in [0.4, 0.5) is 0 Å². The Kier molecular flexibility index (Phi) is 4.84. The van der Waals surface area contributed by atoms with Gasteiger partial charge in [0.05, 0.1) is 0 Å². The van der Waals surface area contributed by atoms with E-state index < -0.39 is 0 Å². The Hall–Kier alpha value is -0.0400. The zero-order chi connectivity index (χ0) is 9.78. The smallest absolute Gasteiger partial charge is 0.00232 e. The zero-order valence-electron chi connectivity index (χ0n) is 9.35. The molecule has 74 valence electrons. The summed E-state index contributed by atoms with van der Waals surface area (Å²) in [7, 11) is 0. The maximum Gasteiger partial charge on any atom is -0.00232 e. The summed E-state index contributed by atoms with van der Waals surface area (Å²) >= 11 is 0. The van der Waals surface area contributed by atoms with Crippen molar-refractivity contribution < 1.29 is 0 Å². The summed E-state index contributed by atoms with van der Waals surface area (Å²) in [5.74, 6) is 1.57. The van der Waals surface area contributed by atoms with Crippen LogP contribution in [0.3, 0.4) is 0 Å². The van der Waals surface area contributed by atoms with E-state index in [-0.39, 0.29) is 0 Å². The Bertz CT molecular complexity index is 114. The molecule has 0 fully saturated rings. The van der Waals surface area contributed by atoms with E-state index in [0.29, 0.717) is 5.41 Å². The molecule has 0 radical (unpaired) electrons. The van der Waals surface area contributed by atoms with Crippen molar-refractivity contribution in [3.05, 3.63) is 0 Å². The van der Waals surface area contributed by atoms with E-state index in [4.69, 9.17) is 5.73 Å². The standard InChI is InChI=1S/C11H25N/c1-6-11(5,8-12)7-10(4)9(2)3/h9-10H,6-8,12H2,1-5H3. The second-order valence-corrected chi connectivity index (χ2v) is 4.79. The van der Waals surface area contributed by atoms with Gasteiger partial charge in [0.2, 0.25) is 0 Å². The quantitative estimate of drug-likeness (QED) is 0.676. The fourth-order valence-corrected chi connectivity index (χ4v) is 1.39. The van der Waals surface area contributed by atoms with Crippen LogP contribution >= 0.6 is 0 Å². The average Bonchev–Trinajstić information content (AvgIpc) is 2.04. The molecule has 0 bridgehead atoms. The molecule has 0 amide bonds. The molecule has 0 aromatic carbocycles. The molecule has 0 spiro atoms. The van der Waals surface area contributed by atoms with Gasteiger partial charge in [0.25, 0.3) is 0 Å². The molecule has 0 aromatic heterocycles. The summed E-state index contributed by atoms with van der Waals surface area (Å²) in [6.45, 7) is 12.3. The molecule has 0 aliphatic rings. The Balaban J connectivity index is 4.02. The van der Waals surface area contributed by atoms with Crippen LogP contribution < -0.4 is 5.73 Å². The molecule has 1 nitrogen and oxygen atoms in total. The van der Waals surface area contributed by atoms with Crippen LogP contribution in [0.25, 0.3) is 0 Å². The first-order valence-electron chi connectivity index (χ1n) is 5.15. The highest BCUT2D eigenvalue weighted by atomic mass is 14.6. The van der Waals surface area contributed by atoms with E-state index in [1.165, 1.54) is 12.8 Å². The molecule has 0 heterocycles. The lowest BCUT2D eigenvalue weighted by Crippen LogP contribution is -2.29. The van der Waals surface area contributed by atoms with Crippen molar-refractivity contribution in [2.75, 3.05) is 6.54 Å². The van der Waals surface area contributed by atoms with Crippen LogP contribution in [0.2, 0.25) is 0 Å². The second-order valence-electron chi connectivity index (χ2n) is 4.79. The molecule has 1 heteroatoms. The lowest BCUT2D eigenvalue weighted by molar-refractivity contribution is 0.215. The van der Waals surface area contributed by atoms with Gasteiger partial charge in [-0.05, 0) is 36.6 Å². The average molecular weight is 171 g/mol. The Labute approximate surface area is 77.7 Å². The first kappa shape index (κ1) is 12.0. The van der Waals surface area contributed by atoms with Crippen molar-refractivity contribution in [3.63, 3.8) is 0 Å². The van der Waals surface area contributed by atoms with Gasteiger partial charge in [0, 0.05) is 0 Å². The topological polar surface area (TPSA) is 26.0 Å². The van der Waals surface area contributed by atoms with Gasteiger partial charge in [-0.25, -0.2) is 0 Å². The van der Waals surface area contributed by atoms with Gasteiger partial charge in [0.1, 0.15) is 0 Å². The molecule has 2 atom stereocenters. The van der Waals surface area contributed by atoms with Crippen molar-refractivity contribution >= 4 is 0 Å². The van der Waals surface area contributed by atoms with Gasteiger partial charge in [0.15, 0.2) is 0 Å². The maximum absolute atomic E-state index is 5.77. The molecular formula is C11H25N. The third kappa shape index (κ3) is 3.57. The van der Waals surface area contributed by atoms with Gasteiger partial charge in [-0.3, -0.25) is 0 Å². The number of rotatable bonds is 5. The lowest BCUT2D eigenvalue weighted by Gasteiger charge is -2.31. The van der Waals surface area contributed by atoms with Gasteiger partial charge >= 0.3 is 0 Å². The van der Waals surface area contributed by atoms with Crippen LogP contribution in [0.1, 0.15) is 47.5 Å². The molecular weight excluding hydrogens is 146 g/mol. The molecule has 0 rings (SSSR count). The highest BCUT2D eigenvalue weighted by Crippen LogP contribution is 2.31. The Morgan fingerprint density at radius 2 is 1.75 bits per heavy atom. The largest absolute Gasteiger partial charge is 0.330 e. The molecule has 12 heavy (non-hydrogen) atoms. The summed E-state index contributed by atoms with van der Waals surface area (Å²) < 4.78 is 0. The minimum absolute atomic E-state index is 0.365. The Morgan fingerprint density at radius 3 is 2.00 bits per heavy atom.